The van der Waals surface area contributed by atoms with Gasteiger partial charge in [-0.3, -0.25) is 5.84 Å². The van der Waals surface area contributed by atoms with Crippen LogP contribution in [0.4, 0.5) is 5.69 Å². The van der Waals surface area contributed by atoms with Crippen LogP contribution < -0.4 is 23.7 Å². The first kappa shape index (κ1) is 9.75. The number of anilines is 1. The molecule has 0 aliphatic heterocycles. The molecule has 10 heavy (non-hydrogen) atoms. The Morgan fingerprint density at radius 1 is 1.40 bits per heavy atom. The molecule has 0 unspecified atom stereocenters. The minimum Gasteiger partial charge on any atom is -1.00 e. The van der Waals surface area contributed by atoms with Crippen molar-refractivity contribution in [1.29, 1.82) is 0 Å². The van der Waals surface area contributed by atoms with Crippen molar-refractivity contribution in [3.05, 3.63) is 28.7 Å². The van der Waals surface area contributed by atoms with E-state index in [0.717, 1.165) is 10.2 Å². The van der Waals surface area contributed by atoms with E-state index in [9.17, 15) is 0 Å². The van der Waals surface area contributed by atoms with E-state index in [1.165, 1.54) is 0 Å². The maximum Gasteiger partial charge on any atom is 1.00 e. The highest BCUT2D eigenvalue weighted by Gasteiger charge is 1.91. The van der Waals surface area contributed by atoms with Crippen LogP contribution >= 0.6 is 15.9 Å². The number of para-hydroxylation sites is 1. The molecular formula is C6H8BrClN2. The molecule has 0 spiro atoms. The summed E-state index contributed by atoms with van der Waals surface area (Å²) in [6, 6.07) is 7.67. The van der Waals surface area contributed by atoms with Gasteiger partial charge in [-0.25, -0.2) is 0 Å². The van der Waals surface area contributed by atoms with Crippen LogP contribution in [0, 0.1) is 0 Å². The first-order chi connectivity index (χ1) is 4.34. The number of rotatable bonds is 1. The summed E-state index contributed by atoms with van der Waals surface area (Å²) in [6.45, 7) is 0. The fourth-order valence-corrected chi connectivity index (χ4v) is 0.978. The molecule has 0 bridgehead atoms. The van der Waals surface area contributed by atoms with E-state index in [0.29, 0.717) is 0 Å². The number of nitrogens with one attached hydrogen (secondary N) is 1. The molecule has 0 heterocycles. The summed E-state index contributed by atoms with van der Waals surface area (Å²) in [4.78, 5) is 0. The Labute approximate surface area is 75.8 Å². The van der Waals surface area contributed by atoms with Crippen molar-refractivity contribution in [3.63, 3.8) is 0 Å². The number of halogens is 2. The molecule has 0 fully saturated rings. The van der Waals surface area contributed by atoms with Crippen LogP contribution in [0.3, 0.4) is 0 Å². The largest absolute Gasteiger partial charge is 1.00 e. The third kappa shape index (κ3) is 2.17. The number of benzene rings is 1. The molecule has 0 aromatic heterocycles. The zero-order valence-electron chi connectivity index (χ0n) is 6.14. The van der Waals surface area contributed by atoms with Crippen molar-refractivity contribution in [2.24, 2.45) is 5.84 Å². The second-order valence-electron chi connectivity index (χ2n) is 1.62. The van der Waals surface area contributed by atoms with Crippen LogP contribution in [-0.2, 0) is 0 Å². The molecule has 3 N–H and O–H groups in total. The van der Waals surface area contributed by atoms with Gasteiger partial charge >= 0.3 is 1.43 Å². The molecule has 1 rings (SSSR count). The monoisotopic (exact) mass is 222 g/mol. The molecule has 0 aliphatic rings. The fraction of sp³-hybridized carbons (Fsp3) is 0. The average molecular weight is 224 g/mol. The topological polar surface area (TPSA) is 38.0 Å². The maximum atomic E-state index is 5.17. The molecule has 0 amide bonds. The highest BCUT2D eigenvalue weighted by Crippen LogP contribution is 2.19. The number of hydrogen-bond donors (Lipinski definition) is 2. The summed E-state index contributed by atoms with van der Waals surface area (Å²) in [5.74, 6) is 5.17. The lowest BCUT2D eigenvalue weighted by Gasteiger charge is -1.99. The predicted octanol–water partition coefficient (Wildman–Crippen LogP) is -1.15. The van der Waals surface area contributed by atoms with Gasteiger partial charge < -0.3 is 17.8 Å². The molecule has 0 radical (unpaired) electrons. The van der Waals surface area contributed by atoms with E-state index >= 15 is 0 Å². The smallest absolute Gasteiger partial charge is 1.00 e. The van der Waals surface area contributed by atoms with E-state index in [4.69, 9.17) is 5.84 Å². The van der Waals surface area contributed by atoms with E-state index in [1.807, 2.05) is 24.3 Å². The quantitative estimate of drug-likeness (QED) is 0.466. The van der Waals surface area contributed by atoms with Crippen LogP contribution in [0.15, 0.2) is 28.7 Å². The molecular weight excluding hydrogens is 215 g/mol. The highest BCUT2D eigenvalue weighted by atomic mass is 79.9. The van der Waals surface area contributed by atoms with Crippen LogP contribution in [0.2, 0.25) is 0 Å². The van der Waals surface area contributed by atoms with Gasteiger partial charge in [0.2, 0.25) is 0 Å². The van der Waals surface area contributed by atoms with Gasteiger partial charge in [0, 0.05) is 4.47 Å². The summed E-state index contributed by atoms with van der Waals surface area (Å²) < 4.78 is 0.979. The average Bonchev–Trinajstić information content (AvgIpc) is 1.89. The Kier molecular flexibility index (Phi) is 4.43. The van der Waals surface area contributed by atoms with Gasteiger partial charge in [0.15, 0.2) is 0 Å². The molecule has 0 saturated carbocycles. The van der Waals surface area contributed by atoms with Crippen LogP contribution in [0.25, 0.3) is 0 Å². The minimum absolute atomic E-state index is 0. The van der Waals surface area contributed by atoms with Crippen molar-refractivity contribution in [2.45, 2.75) is 0 Å². The molecule has 1 aromatic carbocycles. The van der Waals surface area contributed by atoms with E-state index in [2.05, 4.69) is 21.4 Å². The number of nitrogens with two attached hydrogens (primary N) is 1. The van der Waals surface area contributed by atoms with Crippen molar-refractivity contribution < 1.29 is 13.8 Å². The molecule has 0 aliphatic carbocycles. The first-order valence-corrected chi connectivity index (χ1v) is 3.35. The van der Waals surface area contributed by atoms with Gasteiger partial charge in [-0.05, 0) is 28.1 Å². The zero-order chi connectivity index (χ0) is 6.69. The second-order valence-corrected chi connectivity index (χ2v) is 2.48. The minimum atomic E-state index is 0. The maximum absolute atomic E-state index is 5.17. The lowest BCUT2D eigenvalue weighted by molar-refractivity contribution is -0.00000177. The van der Waals surface area contributed by atoms with Crippen molar-refractivity contribution in [3.8, 4) is 0 Å². The number of hydrogen-bond acceptors (Lipinski definition) is 2. The molecule has 1 aromatic rings. The lowest BCUT2D eigenvalue weighted by Crippen LogP contribution is -3.00. The summed E-state index contributed by atoms with van der Waals surface area (Å²) in [6.07, 6.45) is 0. The van der Waals surface area contributed by atoms with Crippen molar-refractivity contribution >= 4 is 21.6 Å². The van der Waals surface area contributed by atoms with Crippen LogP contribution in [0.1, 0.15) is 1.43 Å². The standard InChI is InChI=1S/C6H7BrN2.ClH/c7-5-3-1-2-4-6(5)9-8;/h1-4,9H,8H2;1H. The van der Waals surface area contributed by atoms with Crippen LogP contribution in [-0.4, -0.2) is 0 Å². The molecule has 4 heteroatoms. The van der Waals surface area contributed by atoms with Gasteiger partial charge in [0.25, 0.3) is 0 Å². The summed E-state index contributed by atoms with van der Waals surface area (Å²) >= 11 is 3.31. The summed E-state index contributed by atoms with van der Waals surface area (Å²) in [7, 11) is 0. The van der Waals surface area contributed by atoms with Gasteiger partial charge in [-0.1, -0.05) is 12.1 Å². The normalized spacial score (nSPS) is 8.20. The number of nitrogen functional groups attached to an aromatic ring is 1. The summed E-state index contributed by atoms with van der Waals surface area (Å²) in [5.41, 5.74) is 3.45. The SMILES string of the molecule is NNc1ccccc1Br.[Cl-].[H+]. The molecule has 56 valence electrons. The van der Waals surface area contributed by atoms with Gasteiger partial charge in [-0.2, -0.15) is 0 Å². The number of hydrazine groups is 1. The Balaban J connectivity index is 0. The third-order valence-corrected chi connectivity index (χ3v) is 1.72. The Bertz CT molecular complexity index is 210. The Hall–Kier alpha value is -0.250. The molecule has 0 atom stereocenters. The second kappa shape index (κ2) is 4.55. The molecule has 0 saturated heterocycles. The predicted molar refractivity (Wildman–Crippen MR) is 43.1 cm³/mol. The van der Waals surface area contributed by atoms with E-state index in [1.54, 1.807) is 0 Å². The van der Waals surface area contributed by atoms with Crippen LogP contribution in [0.5, 0.6) is 0 Å². The Morgan fingerprint density at radius 3 is 2.40 bits per heavy atom. The lowest BCUT2D eigenvalue weighted by atomic mass is 10.3. The van der Waals surface area contributed by atoms with E-state index < -0.39 is 0 Å². The highest BCUT2D eigenvalue weighted by molar-refractivity contribution is 9.10. The van der Waals surface area contributed by atoms with Gasteiger partial charge in [-0.15, -0.1) is 0 Å². The van der Waals surface area contributed by atoms with Gasteiger partial charge in [0.1, 0.15) is 0 Å². The van der Waals surface area contributed by atoms with Crippen molar-refractivity contribution in [2.75, 3.05) is 5.43 Å². The zero-order valence-corrected chi connectivity index (χ0v) is 7.48. The fourth-order valence-electron chi connectivity index (χ4n) is 0.578. The van der Waals surface area contributed by atoms with Gasteiger partial charge in [0.05, 0.1) is 5.69 Å². The molecule has 2 nitrogen and oxygen atoms in total. The van der Waals surface area contributed by atoms with Crippen molar-refractivity contribution in [1.82, 2.24) is 0 Å². The Morgan fingerprint density at radius 2 is 2.00 bits per heavy atom. The third-order valence-electron chi connectivity index (χ3n) is 1.03. The van der Waals surface area contributed by atoms with E-state index in [-0.39, 0.29) is 13.8 Å². The first-order valence-electron chi connectivity index (χ1n) is 2.56. The summed E-state index contributed by atoms with van der Waals surface area (Å²) in [5, 5.41) is 0.